The summed E-state index contributed by atoms with van der Waals surface area (Å²) < 4.78 is 0. The first kappa shape index (κ1) is 12.7. The third-order valence-electron chi connectivity index (χ3n) is 2.97. The summed E-state index contributed by atoms with van der Waals surface area (Å²) >= 11 is 1.93. The summed E-state index contributed by atoms with van der Waals surface area (Å²) in [7, 11) is 0. The quantitative estimate of drug-likeness (QED) is 0.835. The van der Waals surface area contributed by atoms with Gasteiger partial charge in [0.2, 0.25) is 0 Å². The van der Waals surface area contributed by atoms with Crippen molar-refractivity contribution in [2.24, 2.45) is 0 Å². The Bertz CT molecular complexity index is 390. The molecule has 2 nitrogen and oxygen atoms in total. The minimum atomic E-state index is 0.261. The number of Topliss-reactive ketones (excluding diaryl/α,β-unsaturated/α-hetero) is 1. The second-order valence-corrected chi connectivity index (χ2v) is 5.88. The van der Waals surface area contributed by atoms with Crippen LogP contribution in [-0.4, -0.2) is 29.9 Å². The van der Waals surface area contributed by atoms with E-state index in [0.717, 1.165) is 23.6 Å². The minimum absolute atomic E-state index is 0.261. The van der Waals surface area contributed by atoms with Gasteiger partial charge in [-0.2, -0.15) is 11.8 Å². The zero-order chi connectivity index (χ0) is 12.3. The molecule has 1 fully saturated rings. The van der Waals surface area contributed by atoms with Crippen molar-refractivity contribution in [3.63, 3.8) is 0 Å². The molecule has 92 valence electrons. The lowest BCUT2D eigenvalue weighted by molar-refractivity contribution is 0.0972. The number of carbonyl (C=O) groups is 1. The number of thioether (sulfide) groups is 1. The van der Waals surface area contributed by atoms with E-state index >= 15 is 0 Å². The molecule has 1 saturated heterocycles. The molecule has 2 rings (SSSR count). The first-order valence-electron chi connectivity index (χ1n) is 6.08. The molecule has 1 unspecified atom stereocenters. The monoisotopic (exact) mass is 249 g/mol. The van der Waals surface area contributed by atoms with E-state index in [9.17, 15) is 4.79 Å². The molecule has 1 aromatic rings. The summed E-state index contributed by atoms with van der Waals surface area (Å²) in [4.78, 5) is 12.2. The molecule has 0 bridgehead atoms. The first-order valence-corrected chi connectivity index (χ1v) is 7.23. The normalized spacial score (nSPS) is 20.2. The summed E-state index contributed by atoms with van der Waals surface area (Å²) in [6.07, 6.45) is 0.621. The smallest absolute Gasteiger partial charge is 0.164 e. The molecule has 0 aliphatic carbocycles. The van der Waals surface area contributed by atoms with Crippen molar-refractivity contribution in [3.8, 4) is 0 Å². The van der Waals surface area contributed by atoms with Gasteiger partial charge < -0.3 is 5.32 Å². The molecule has 1 aliphatic rings. The summed E-state index contributed by atoms with van der Waals surface area (Å²) in [5, 5.41) is 3.41. The van der Waals surface area contributed by atoms with Crippen molar-refractivity contribution in [2.45, 2.75) is 26.3 Å². The van der Waals surface area contributed by atoms with E-state index in [4.69, 9.17) is 0 Å². The summed E-state index contributed by atoms with van der Waals surface area (Å²) in [6.45, 7) is 5.10. The van der Waals surface area contributed by atoms with Crippen molar-refractivity contribution >= 4 is 17.5 Å². The fraction of sp³-hybridized carbons (Fsp3) is 0.500. The van der Waals surface area contributed by atoms with E-state index in [1.54, 1.807) is 0 Å². The van der Waals surface area contributed by atoms with Crippen LogP contribution >= 0.6 is 11.8 Å². The Balaban J connectivity index is 2.03. The molecule has 3 heteroatoms. The van der Waals surface area contributed by atoms with Gasteiger partial charge in [-0.15, -0.1) is 0 Å². The number of hydrogen-bond donors (Lipinski definition) is 1. The first-order chi connectivity index (χ1) is 8.15. The molecule has 0 aromatic heterocycles. The van der Waals surface area contributed by atoms with Crippen molar-refractivity contribution in [1.29, 1.82) is 0 Å². The van der Waals surface area contributed by atoms with Gasteiger partial charge in [0.05, 0.1) is 0 Å². The van der Waals surface area contributed by atoms with Crippen molar-refractivity contribution < 1.29 is 4.79 Å². The maximum absolute atomic E-state index is 12.2. The third-order valence-corrected chi connectivity index (χ3v) is 4.10. The molecule has 0 radical (unpaired) electrons. The van der Waals surface area contributed by atoms with Crippen molar-refractivity contribution in [2.75, 3.05) is 18.1 Å². The Labute approximate surface area is 107 Å². The van der Waals surface area contributed by atoms with Gasteiger partial charge in [-0.25, -0.2) is 0 Å². The van der Waals surface area contributed by atoms with Crippen LogP contribution in [0.2, 0.25) is 0 Å². The molecule has 1 aliphatic heterocycles. The van der Waals surface area contributed by atoms with E-state index in [1.807, 2.05) is 37.7 Å². The van der Waals surface area contributed by atoms with Crippen LogP contribution in [0.4, 0.5) is 0 Å². The average molecular weight is 249 g/mol. The van der Waals surface area contributed by atoms with Gasteiger partial charge in [0.15, 0.2) is 5.78 Å². The van der Waals surface area contributed by atoms with Gasteiger partial charge in [-0.1, -0.05) is 17.2 Å². The third kappa shape index (κ3) is 3.58. The highest BCUT2D eigenvalue weighted by molar-refractivity contribution is 7.99. The molecule has 0 spiro atoms. The van der Waals surface area contributed by atoms with Crippen molar-refractivity contribution in [3.05, 3.63) is 34.9 Å². The fourth-order valence-corrected chi connectivity index (χ4v) is 3.18. The maximum atomic E-state index is 12.2. The average Bonchev–Trinajstić information content (AvgIpc) is 2.29. The highest BCUT2D eigenvalue weighted by Gasteiger charge is 2.17. The molecular weight excluding hydrogens is 230 g/mol. The lowest BCUT2D eigenvalue weighted by Crippen LogP contribution is -2.38. The molecule has 1 N–H and O–H groups in total. The van der Waals surface area contributed by atoms with Crippen molar-refractivity contribution in [1.82, 2.24) is 5.32 Å². The van der Waals surface area contributed by atoms with Crippen LogP contribution < -0.4 is 5.32 Å². The number of hydrogen-bond acceptors (Lipinski definition) is 3. The molecule has 1 aromatic carbocycles. The van der Waals surface area contributed by atoms with Gasteiger partial charge >= 0.3 is 0 Å². The molecule has 1 atom stereocenters. The van der Waals surface area contributed by atoms with Crippen LogP contribution in [0.25, 0.3) is 0 Å². The SMILES string of the molecule is Cc1cc(C)cc(C(=O)CC2CSCCN2)c1. The summed E-state index contributed by atoms with van der Waals surface area (Å²) in [5.41, 5.74) is 3.19. The summed E-state index contributed by atoms with van der Waals surface area (Å²) in [6, 6.07) is 6.43. The van der Waals surface area contributed by atoms with Crippen LogP contribution in [-0.2, 0) is 0 Å². The van der Waals surface area contributed by atoms with Gasteiger partial charge in [0.25, 0.3) is 0 Å². The predicted octanol–water partition coefficient (Wildman–Crippen LogP) is 2.58. The lowest BCUT2D eigenvalue weighted by atomic mass is 10.0. The Hall–Kier alpha value is -0.800. The standard InChI is InChI=1S/C14H19NOS/c1-10-5-11(2)7-12(6-10)14(16)8-13-9-17-4-3-15-13/h5-7,13,15H,3-4,8-9H2,1-2H3. The fourth-order valence-electron chi connectivity index (χ4n) is 2.23. The highest BCUT2D eigenvalue weighted by Crippen LogP contribution is 2.15. The van der Waals surface area contributed by atoms with Crippen LogP contribution in [0.5, 0.6) is 0 Å². The molecular formula is C14H19NOS. The zero-order valence-electron chi connectivity index (χ0n) is 10.5. The number of nitrogens with one attached hydrogen (secondary N) is 1. The molecule has 0 amide bonds. The van der Waals surface area contributed by atoms with Gasteiger partial charge in [-0.3, -0.25) is 4.79 Å². The van der Waals surface area contributed by atoms with E-state index in [-0.39, 0.29) is 5.78 Å². The van der Waals surface area contributed by atoms with Crippen LogP contribution in [0.15, 0.2) is 18.2 Å². The largest absolute Gasteiger partial charge is 0.312 e. The van der Waals surface area contributed by atoms with E-state index in [2.05, 4.69) is 11.4 Å². The summed E-state index contributed by atoms with van der Waals surface area (Å²) in [5.74, 6) is 2.47. The van der Waals surface area contributed by atoms with Crippen LogP contribution in [0, 0.1) is 13.8 Å². The molecule has 17 heavy (non-hydrogen) atoms. The highest BCUT2D eigenvalue weighted by atomic mass is 32.2. The molecule has 1 heterocycles. The van der Waals surface area contributed by atoms with Crippen LogP contribution in [0.3, 0.4) is 0 Å². The van der Waals surface area contributed by atoms with E-state index in [1.165, 1.54) is 11.1 Å². The molecule has 0 saturated carbocycles. The predicted molar refractivity (Wildman–Crippen MR) is 74.0 cm³/mol. The number of rotatable bonds is 3. The van der Waals surface area contributed by atoms with E-state index in [0.29, 0.717) is 12.5 Å². The Morgan fingerprint density at radius 3 is 2.65 bits per heavy atom. The van der Waals surface area contributed by atoms with Gasteiger partial charge in [0, 0.05) is 36.1 Å². The minimum Gasteiger partial charge on any atom is -0.312 e. The Morgan fingerprint density at radius 2 is 2.06 bits per heavy atom. The number of ketones is 1. The second-order valence-electron chi connectivity index (χ2n) is 4.73. The second kappa shape index (κ2) is 5.69. The van der Waals surface area contributed by atoms with Gasteiger partial charge in [-0.05, 0) is 26.0 Å². The number of carbonyl (C=O) groups excluding carboxylic acids is 1. The topological polar surface area (TPSA) is 29.1 Å². The van der Waals surface area contributed by atoms with Gasteiger partial charge in [0.1, 0.15) is 0 Å². The van der Waals surface area contributed by atoms with Crippen LogP contribution in [0.1, 0.15) is 27.9 Å². The maximum Gasteiger partial charge on any atom is 0.164 e. The lowest BCUT2D eigenvalue weighted by Gasteiger charge is -2.22. The number of benzene rings is 1. The Morgan fingerprint density at radius 1 is 1.35 bits per heavy atom. The van der Waals surface area contributed by atoms with E-state index < -0.39 is 0 Å². The zero-order valence-corrected chi connectivity index (χ0v) is 11.3. The Kier molecular flexibility index (Phi) is 4.24. The number of aryl methyl sites for hydroxylation is 2.